The molecule has 0 saturated carbocycles. The maximum absolute atomic E-state index is 11.1. The van der Waals surface area contributed by atoms with Crippen LogP contribution in [0.5, 0.6) is 0 Å². The number of carbonyl (C=O) groups is 1. The van der Waals surface area contributed by atoms with Crippen LogP contribution in [0.1, 0.15) is 27.0 Å². The largest absolute Gasteiger partial charge is 0.478 e. The van der Waals surface area contributed by atoms with Crippen LogP contribution in [0.2, 0.25) is 0 Å². The topological polar surface area (TPSA) is 61.1 Å². The Kier molecular flexibility index (Phi) is 4.11. The number of rotatable bonds is 3. The zero-order valence-corrected chi connectivity index (χ0v) is 12.0. The Morgan fingerprint density at radius 3 is 2.35 bits per heavy atom. The van der Waals surface area contributed by atoms with Gasteiger partial charge in [-0.3, -0.25) is 0 Å². The molecule has 0 atom stereocenters. The third kappa shape index (κ3) is 3.01. The number of nitriles is 1. The first kappa shape index (κ1) is 14.2. The maximum atomic E-state index is 11.1. The van der Waals surface area contributed by atoms with E-state index in [1.54, 1.807) is 19.1 Å². The van der Waals surface area contributed by atoms with Crippen molar-refractivity contribution in [1.29, 1.82) is 5.26 Å². The standard InChI is InChI=1S/C16H13NO2S/c1-10-3-5-14(8-15(10)16(18)19)20-13-6-4-12(9-17)11(2)7-13/h3-8H,1-2H3,(H,18,19). The highest BCUT2D eigenvalue weighted by Crippen LogP contribution is 2.30. The van der Waals surface area contributed by atoms with Gasteiger partial charge in [0.1, 0.15) is 0 Å². The smallest absolute Gasteiger partial charge is 0.335 e. The Hall–Kier alpha value is -2.25. The molecule has 0 radical (unpaired) electrons. The fourth-order valence-electron chi connectivity index (χ4n) is 1.86. The van der Waals surface area contributed by atoms with Crippen LogP contribution < -0.4 is 0 Å². The molecule has 0 unspecified atom stereocenters. The second-order valence-electron chi connectivity index (χ2n) is 4.47. The predicted molar refractivity (Wildman–Crippen MR) is 78.2 cm³/mol. The van der Waals surface area contributed by atoms with Crippen molar-refractivity contribution in [3.05, 3.63) is 58.7 Å². The van der Waals surface area contributed by atoms with Gasteiger partial charge in [0.25, 0.3) is 0 Å². The van der Waals surface area contributed by atoms with Gasteiger partial charge in [0.2, 0.25) is 0 Å². The second kappa shape index (κ2) is 5.81. The van der Waals surface area contributed by atoms with Gasteiger partial charge >= 0.3 is 5.97 Å². The van der Waals surface area contributed by atoms with E-state index in [1.165, 1.54) is 11.8 Å². The number of aryl methyl sites for hydroxylation is 2. The van der Waals surface area contributed by atoms with Crippen molar-refractivity contribution in [3.8, 4) is 6.07 Å². The van der Waals surface area contributed by atoms with Crippen LogP contribution in [0.25, 0.3) is 0 Å². The lowest BCUT2D eigenvalue weighted by molar-refractivity contribution is 0.0696. The molecule has 0 aliphatic rings. The van der Waals surface area contributed by atoms with Crippen molar-refractivity contribution in [1.82, 2.24) is 0 Å². The molecule has 0 saturated heterocycles. The quantitative estimate of drug-likeness (QED) is 0.924. The summed E-state index contributed by atoms with van der Waals surface area (Å²) >= 11 is 1.49. The Balaban J connectivity index is 2.31. The van der Waals surface area contributed by atoms with Crippen LogP contribution in [0.4, 0.5) is 0 Å². The van der Waals surface area contributed by atoms with E-state index in [9.17, 15) is 4.79 Å². The molecule has 3 nitrogen and oxygen atoms in total. The Labute approximate surface area is 121 Å². The van der Waals surface area contributed by atoms with E-state index in [-0.39, 0.29) is 0 Å². The van der Waals surface area contributed by atoms with Gasteiger partial charge < -0.3 is 5.11 Å². The van der Waals surface area contributed by atoms with Crippen LogP contribution in [0.3, 0.4) is 0 Å². The zero-order chi connectivity index (χ0) is 14.7. The predicted octanol–water partition coefficient (Wildman–Crippen LogP) is 4.02. The highest BCUT2D eigenvalue weighted by atomic mass is 32.2. The number of carboxylic acids is 1. The summed E-state index contributed by atoms with van der Waals surface area (Å²) in [5.41, 5.74) is 2.64. The van der Waals surface area contributed by atoms with Crippen LogP contribution in [0.15, 0.2) is 46.2 Å². The van der Waals surface area contributed by atoms with Crippen molar-refractivity contribution >= 4 is 17.7 Å². The van der Waals surface area contributed by atoms with E-state index in [1.807, 2.05) is 31.2 Å². The molecule has 0 spiro atoms. The molecule has 0 amide bonds. The van der Waals surface area contributed by atoms with E-state index >= 15 is 0 Å². The first-order valence-electron chi connectivity index (χ1n) is 6.04. The van der Waals surface area contributed by atoms with Crippen LogP contribution in [0, 0.1) is 25.2 Å². The van der Waals surface area contributed by atoms with Crippen molar-refractivity contribution in [2.75, 3.05) is 0 Å². The van der Waals surface area contributed by atoms with Crippen molar-refractivity contribution in [2.24, 2.45) is 0 Å². The molecule has 0 fully saturated rings. The molecule has 20 heavy (non-hydrogen) atoms. The molecular weight excluding hydrogens is 270 g/mol. The molecule has 0 aliphatic heterocycles. The molecule has 0 aromatic heterocycles. The number of hydrogen-bond donors (Lipinski definition) is 1. The molecule has 0 bridgehead atoms. The third-order valence-corrected chi connectivity index (χ3v) is 3.97. The highest BCUT2D eigenvalue weighted by molar-refractivity contribution is 7.99. The average Bonchev–Trinajstić information content (AvgIpc) is 2.41. The summed E-state index contributed by atoms with van der Waals surface area (Å²) in [6, 6.07) is 13.1. The zero-order valence-electron chi connectivity index (χ0n) is 11.2. The molecule has 2 rings (SSSR count). The van der Waals surface area contributed by atoms with Gasteiger partial charge in [-0.2, -0.15) is 5.26 Å². The van der Waals surface area contributed by atoms with Gasteiger partial charge in [-0.25, -0.2) is 4.79 Å². The van der Waals surface area contributed by atoms with Gasteiger partial charge in [0.05, 0.1) is 17.2 Å². The first-order chi connectivity index (χ1) is 9.51. The van der Waals surface area contributed by atoms with Crippen LogP contribution in [-0.2, 0) is 0 Å². The molecule has 0 heterocycles. The lowest BCUT2D eigenvalue weighted by atomic mass is 10.1. The number of hydrogen-bond acceptors (Lipinski definition) is 3. The van der Waals surface area contributed by atoms with E-state index in [2.05, 4.69) is 6.07 Å². The van der Waals surface area contributed by atoms with Crippen molar-refractivity contribution in [3.63, 3.8) is 0 Å². The molecule has 2 aromatic rings. The minimum absolute atomic E-state index is 0.320. The third-order valence-electron chi connectivity index (χ3n) is 2.99. The molecular formula is C16H13NO2S. The van der Waals surface area contributed by atoms with Gasteiger partial charge in [0, 0.05) is 9.79 Å². The first-order valence-corrected chi connectivity index (χ1v) is 6.85. The minimum Gasteiger partial charge on any atom is -0.478 e. The molecule has 4 heteroatoms. The Morgan fingerprint density at radius 1 is 1.10 bits per heavy atom. The van der Waals surface area contributed by atoms with Crippen molar-refractivity contribution < 1.29 is 9.90 Å². The van der Waals surface area contributed by atoms with Gasteiger partial charge in [-0.1, -0.05) is 17.8 Å². The number of carboxylic acid groups (broad SMARTS) is 1. The summed E-state index contributed by atoms with van der Waals surface area (Å²) in [4.78, 5) is 13.0. The molecule has 1 N–H and O–H groups in total. The summed E-state index contributed by atoms with van der Waals surface area (Å²) < 4.78 is 0. The second-order valence-corrected chi connectivity index (χ2v) is 5.62. The normalized spacial score (nSPS) is 10.1. The summed E-state index contributed by atoms with van der Waals surface area (Å²) in [5.74, 6) is -0.916. The molecule has 0 aliphatic carbocycles. The van der Waals surface area contributed by atoms with E-state index in [0.717, 1.165) is 20.9 Å². The number of benzene rings is 2. The minimum atomic E-state index is -0.916. The van der Waals surface area contributed by atoms with Crippen LogP contribution >= 0.6 is 11.8 Å². The lowest BCUT2D eigenvalue weighted by Crippen LogP contribution is -1.99. The summed E-state index contributed by atoms with van der Waals surface area (Å²) in [7, 11) is 0. The number of nitrogens with zero attached hydrogens (tertiary/aromatic N) is 1. The van der Waals surface area contributed by atoms with E-state index in [0.29, 0.717) is 11.1 Å². The lowest BCUT2D eigenvalue weighted by Gasteiger charge is -2.07. The Morgan fingerprint density at radius 2 is 1.75 bits per heavy atom. The summed E-state index contributed by atoms with van der Waals surface area (Å²) in [6.45, 7) is 3.67. The van der Waals surface area contributed by atoms with Crippen LogP contribution in [-0.4, -0.2) is 11.1 Å². The molecule has 100 valence electrons. The monoisotopic (exact) mass is 283 g/mol. The average molecular weight is 283 g/mol. The SMILES string of the molecule is Cc1cc(Sc2ccc(C)c(C(=O)O)c2)ccc1C#N. The van der Waals surface area contributed by atoms with Crippen molar-refractivity contribution in [2.45, 2.75) is 23.6 Å². The fraction of sp³-hybridized carbons (Fsp3) is 0.125. The summed E-state index contributed by atoms with van der Waals surface area (Å²) in [6.07, 6.45) is 0. The highest BCUT2D eigenvalue weighted by Gasteiger charge is 2.09. The molecule has 2 aromatic carbocycles. The maximum Gasteiger partial charge on any atom is 0.335 e. The Bertz CT molecular complexity index is 717. The number of aromatic carboxylic acids is 1. The fourth-order valence-corrected chi connectivity index (χ4v) is 2.81. The van der Waals surface area contributed by atoms with Gasteiger partial charge in [-0.15, -0.1) is 0 Å². The van der Waals surface area contributed by atoms with E-state index in [4.69, 9.17) is 10.4 Å². The van der Waals surface area contributed by atoms with Gasteiger partial charge in [0.15, 0.2) is 0 Å². The van der Waals surface area contributed by atoms with Gasteiger partial charge in [-0.05, 0) is 55.3 Å². The van der Waals surface area contributed by atoms with E-state index < -0.39 is 5.97 Å². The summed E-state index contributed by atoms with van der Waals surface area (Å²) in [5, 5.41) is 18.0.